The van der Waals surface area contributed by atoms with Crippen molar-refractivity contribution in [1.29, 1.82) is 0 Å². The number of likely N-dealkylation sites (N-methyl/N-ethyl adjacent to an activating group) is 1. The van der Waals surface area contributed by atoms with Crippen molar-refractivity contribution in [2.24, 2.45) is 5.92 Å². The number of rotatable bonds is 6. The molecule has 1 aromatic carbocycles. The molecule has 1 N–H and O–H groups in total. The maximum atomic E-state index is 13.0. The van der Waals surface area contributed by atoms with E-state index in [9.17, 15) is 9.18 Å². The number of hydrogen-bond donors (Lipinski definition) is 1. The summed E-state index contributed by atoms with van der Waals surface area (Å²) < 4.78 is 13.0. The molecule has 104 valence electrons. The summed E-state index contributed by atoms with van der Waals surface area (Å²) >= 11 is 0. The van der Waals surface area contributed by atoms with Crippen molar-refractivity contribution in [1.82, 2.24) is 10.2 Å². The predicted octanol–water partition coefficient (Wildman–Crippen LogP) is 2.00. The summed E-state index contributed by atoms with van der Waals surface area (Å²) in [4.78, 5) is 14.3. The molecule has 1 aliphatic carbocycles. The summed E-state index contributed by atoms with van der Waals surface area (Å²) in [6, 6.07) is 6.31. The van der Waals surface area contributed by atoms with Gasteiger partial charge < -0.3 is 10.2 Å². The Hall–Kier alpha value is -1.42. The molecule has 0 spiro atoms. The number of benzene rings is 1. The first-order valence-corrected chi connectivity index (χ1v) is 6.76. The lowest BCUT2D eigenvalue weighted by atomic mass is 9.93. The van der Waals surface area contributed by atoms with Crippen LogP contribution < -0.4 is 5.32 Å². The molecule has 2 rings (SSSR count). The Kier molecular flexibility index (Phi) is 4.53. The lowest BCUT2D eigenvalue weighted by Gasteiger charge is -2.18. The molecule has 1 fully saturated rings. The number of carbonyl (C=O) groups excluding carboxylic acids is 1. The first-order valence-electron chi connectivity index (χ1n) is 6.76. The Balaban J connectivity index is 1.99. The molecule has 0 radical (unpaired) electrons. The number of nitrogens with zero attached hydrogens (tertiary/aromatic N) is 1. The maximum absolute atomic E-state index is 13.0. The van der Waals surface area contributed by atoms with Gasteiger partial charge in [0.2, 0.25) is 5.91 Å². The van der Waals surface area contributed by atoms with Crippen LogP contribution in [0.4, 0.5) is 4.39 Å². The number of hydrogen-bond acceptors (Lipinski definition) is 2. The highest BCUT2D eigenvalue weighted by molar-refractivity contribution is 5.84. The molecule has 3 nitrogen and oxygen atoms in total. The van der Waals surface area contributed by atoms with E-state index >= 15 is 0 Å². The smallest absolute Gasteiger partial charge is 0.227 e. The molecule has 0 aliphatic heterocycles. The lowest BCUT2D eigenvalue weighted by molar-refractivity contribution is -0.123. The summed E-state index contributed by atoms with van der Waals surface area (Å²) in [5.41, 5.74) is 0.922. The van der Waals surface area contributed by atoms with Gasteiger partial charge in [-0.15, -0.1) is 0 Å². The second-order valence-electron chi connectivity index (χ2n) is 5.46. The molecule has 1 saturated carbocycles. The fourth-order valence-corrected chi connectivity index (χ4v) is 2.25. The second kappa shape index (κ2) is 6.15. The summed E-state index contributed by atoms with van der Waals surface area (Å²) in [6.07, 6.45) is 2.17. The third kappa shape index (κ3) is 4.03. The molecule has 0 saturated heterocycles. The molecule has 1 unspecified atom stereocenters. The Morgan fingerprint density at radius 1 is 1.37 bits per heavy atom. The van der Waals surface area contributed by atoms with Crippen LogP contribution in [-0.4, -0.2) is 38.0 Å². The van der Waals surface area contributed by atoms with Crippen LogP contribution in [0.5, 0.6) is 0 Å². The van der Waals surface area contributed by atoms with E-state index in [1.165, 1.54) is 12.1 Å². The highest BCUT2D eigenvalue weighted by atomic mass is 19.1. The van der Waals surface area contributed by atoms with Crippen LogP contribution in [0, 0.1) is 11.7 Å². The van der Waals surface area contributed by atoms with Crippen molar-refractivity contribution >= 4 is 5.91 Å². The van der Waals surface area contributed by atoms with Gasteiger partial charge in [0.15, 0.2) is 0 Å². The Morgan fingerprint density at radius 3 is 2.53 bits per heavy atom. The first kappa shape index (κ1) is 14.0. The standard InChI is InChI=1S/C15H21FN2O/c1-18(2)10-9-17-15(19)14(11-3-4-11)12-5-7-13(16)8-6-12/h5-8,11,14H,3-4,9-10H2,1-2H3,(H,17,19). The van der Waals surface area contributed by atoms with Crippen LogP contribution in [0.1, 0.15) is 24.3 Å². The van der Waals surface area contributed by atoms with Gasteiger partial charge in [0.1, 0.15) is 5.82 Å². The molecule has 4 heteroatoms. The molecular weight excluding hydrogens is 243 g/mol. The van der Waals surface area contributed by atoms with Crippen molar-refractivity contribution < 1.29 is 9.18 Å². The predicted molar refractivity (Wildman–Crippen MR) is 73.4 cm³/mol. The molecule has 1 amide bonds. The number of carbonyl (C=O) groups is 1. The van der Waals surface area contributed by atoms with Crippen molar-refractivity contribution in [3.8, 4) is 0 Å². The zero-order chi connectivity index (χ0) is 13.8. The number of nitrogens with one attached hydrogen (secondary N) is 1. The van der Waals surface area contributed by atoms with Gasteiger partial charge in [-0.25, -0.2) is 4.39 Å². The second-order valence-corrected chi connectivity index (χ2v) is 5.46. The van der Waals surface area contributed by atoms with E-state index in [1.807, 2.05) is 19.0 Å². The zero-order valence-electron chi connectivity index (χ0n) is 11.5. The van der Waals surface area contributed by atoms with E-state index in [0.717, 1.165) is 24.9 Å². The minimum absolute atomic E-state index is 0.0657. The van der Waals surface area contributed by atoms with Gasteiger partial charge in [0.25, 0.3) is 0 Å². The van der Waals surface area contributed by atoms with Gasteiger partial charge >= 0.3 is 0 Å². The Morgan fingerprint density at radius 2 is 2.00 bits per heavy atom. The quantitative estimate of drug-likeness (QED) is 0.852. The molecule has 0 bridgehead atoms. The Labute approximate surface area is 113 Å². The van der Waals surface area contributed by atoms with Crippen LogP contribution in [0.3, 0.4) is 0 Å². The highest BCUT2D eigenvalue weighted by Crippen LogP contribution is 2.42. The molecule has 0 heterocycles. The topological polar surface area (TPSA) is 32.3 Å². The first-order chi connectivity index (χ1) is 9.08. The van der Waals surface area contributed by atoms with Gasteiger partial charge in [0, 0.05) is 13.1 Å². The van der Waals surface area contributed by atoms with Crippen LogP contribution in [-0.2, 0) is 4.79 Å². The maximum Gasteiger partial charge on any atom is 0.227 e. The monoisotopic (exact) mass is 264 g/mol. The fraction of sp³-hybridized carbons (Fsp3) is 0.533. The summed E-state index contributed by atoms with van der Waals surface area (Å²) in [7, 11) is 3.95. The Bertz CT molecular complexity index is 426. The van der Waals surface area contributed by atoms with E-state index in [-0.39, 0.29) is 17.6 Å². The van der Waals surface area contributed by atoms with Gasteiger partial charge in [0.05, 0.1) is 5.92 Å². The highest BCUT2D eigenvalue weighted by Gasteiger charge is 2.37. The van der Waals surface area contributed by atoms with Gasteiger partial charge in [-0.2, -0.15) is 0 Å². The van der Waals surface area contributed by atoms with E-state index in [0.29, 0.717) is 12.5 Å². The van der Waals surface area contributed by atoms with E-state index in [4.69, 9.17) is 0 Å². The van der Waals surface area contributed by atoms with Crippen molar-refractivity contribution in [3.05, 3.63) is 35.6 Å². The van der Waals surface area contributed by atoms with E-state index < -0.39 is 0 Å². The van der Waals surface area contributed by atoms with Crippen molar-refractivity contribution in [3.63, 3.8) is 0 Å². The minimum atomic E-state index is -0.258. The third-order valence-electron chi connectivity index (χ3n) is 3.46. The summed E-state index contributed by atoms with van der Waals surface area (Å²) in [6.45, 7) is 1.47. The molecule has 1 aliphatic rings. The average Bonchev–Trinajstić information content (AvgIpc) is 3.16. The SMILES string of the molecule is CN(C)CCNC(=O)C(c1ccc(F)cc1)C1CC1. The molecule has 1 atom stereocenters. The molecular formula is C15H21FN2O. The molecule has 0 aromatic heterocycles. The van der Waals surface area contributed by atoms with Gasteiger partial charge in [-0.3, -0.25) is 4.79 Å². The van der Waals surface area contributed by atoms with E-state index in [2.05, 4.69) is 5.32 Å². The minimum Gasteiger partial charge on any atom is -0.354 e. The number of amides is 1. The van der Waals surface area contributed by atoms with Crippen LogP contribution in [0.2, 0.25) is 0 Å². The fourth-order valence-electron chi connectivity index (χ4n) is 2.25. The summed E-state index contributed by atoms with van der Waals surface area (Å²) in [5.74, 6) is 0.106. The normalized spacial score (nSPS) is 16.4. The van der Waals surface area contributed by atoms with Gasteiger partial charge in [-0.05, 0) is 50.6 Å². The lowest BCUT2D eigenvalue weighted by Crippen LogP contribution is -2.35. The molecule has 19 heavy (non-hydrogen) atoms. The van der Waals surface area contributed by atoms with Crippen molar-refractivity contribution in [2.45, 2.75) is 18.8 Å². The molecule has 1 aromatic rings. The summed E-state index contributed by atoms with van der Waals surface area (Å²) in [5, 5.41) is 2.97. The van der Waals surface area contributed by atoms with Gasteiger partial charge in [-0.1, -0.05) is 12.1 Å². The van der Waals surface area contributed by atoms with Crippen LogP contribution in [0.25, 0.3) is 0 Å². The zero-order valence-corrected chi connectivity index (χ0v) is 11.5. The van der Waals surface area contributed by atoms with E-state index in [1.54, 1.807) is 12.1 Å². The third-order valence-corrected chi connectivity index (χ3v) is 3.46. The largest absolute Gasteiger partial charge is 0.354 e. The van der Waals surface area contributed by atoms with Crippen LogP contribution in [0.15, 0.2) is 24.3 Å². The van der Waals surface area contributed by atoms with Crippen molar-refractivity contribution in [2.75, 3.05) is 27.2 Å². The average molecular weight is 264 g/mol. The number of halogens is 1. The van der Waals surface area contributed by atoms with Crippen LogP contribution >= 0.6 is 0 Å².